The van der Waals surface area contributed by atoms with Crippen molar-refractivity contribution in [2.75, 3.05) is 0 Å². The minimum absolute atomic E-state index is 0.0810. The molecule has 1 amide bonds. The van der Waals surface area contributed by atoms with E-state index in [4.69, 9.17) is 11.6 Å². The lowest BCUT2D eigenvalue weighted by Gasteiger charge is -2.10. The number of rotatable bonds is 4. The van der Waals surface area contributed by atoms with Crippen LogP contribution in [0.5, 0.6) is 0 Å². The first-order valence-electron chi connectivity index (χ1n) is 8.29. The Morgan fingerprint density at radius 1 is 1.31 bits per heavy atom. The molecule has 1 heterocycles. The molecule has 3 rings (SSSR count). The van der Waals surface area contributed by atoms with E-state index in [1.54, 1.807) is 24.3 Å². The van der Waals surface area contributed by atoms with Crippen LogP contribution in [0.1, 0.15) is 27.2 Å². The van der Waals surface area contributed by atoms with E-state index in [9.17, 15) is 14.9 Å². The van der Waals surface area contributed by atoms with Crippen molar-refractivity contribution in [1.29, 1.82) is 5.26 Å². The molecule has 7 nitrogen and oxygen atoms in total. The van der Waals surface area contributed by atoms with Crippen molar-refractivity contribution in [3.05, 3.63) is 90.8 Å². The van der Waals surface area contributed by atoms with Crippen LogP contribution in [-0.4, -0.2) is 21.9 Å². The second-order valence-electron chi connectivity index (χ2n) is 5.91. The summed E-state index contributed by atoms with van der Waals surface area (Å²) in [5.41, 5.74) is 2.83. The Labute approximate surface area is 179 Å². The zero-order valence-corrected chi connectivity index (χ0v) is 17.4. The predicted octanol–water partition coefficient (Wildman–Crippen LogP) is 3.59. The highest BCUT2D eigenvalue weighted by molar-refractivity contribution is 9.10. The van der Waals surface area contributed by atoms with E-state index < -0.39 is 11.5 Å². The lowest BCUT2D eigenvalue weighted by Crippen LogP contribution is -2.31. The zero-order valence-electron chi connectivity index (χ0n) is 15.1. The van der Waals surface area contributed by atoms with Crippen LogP contribution >= 0.6 is 27.5 Å². The lowest BCUT2D eigenvalue weighted by atomic mass is 10.1. The largest absolute Gasteiger partial charge is 0.292 e. The fraction of sp³-hybridized carbons (Fsp3) is 0.0500. The Kier molecular flexibility index (Phi) is 6.22. The number of benzene rings is 2. The van der Waals surface area contributed by atoms with Crippen molar-refractivity contribution in [3.8, 4) is 11.8 Å². The molecule has 2 aromatic carbocycles. The van der Waals surface area contributed by atoms with Gasteiger partial charge < -0.3 is 0 Å². The number of nitriles is 1. The number of nitrogens with one attached hydrogen (secondary N) is 1. The molecular formula is C20H13BrClN5O2. The van der Waals surface area contributed by atoms with Crippen LogP contribution in [0, 0.1) is 18.3 Å². The van der Waals surface area contributed by atoms with Gasteiger partial charge >= 0.3 is 0 Å². The summed E-state index contributed by atoms with van der Waals surface area (Å²) < 4.78 is 1.87. The average molecular weight is 471 g/mol. The van der Waals surface area contributed by atoms with Crippen LogP contribution in [-0.2, 0) is 0 Å². The summed E-state index contributed by atoms with van der Waals surface area (Å²) in [5, 5.41) is 17.9. The van der Waals surface area contributed by atoms with Crippen LogP contribution in [0.3, 0.4) is 0 Å². The quantitative estimate of drug-likeness (QED) is 0.465. The van der Waals surface area contributed by atoms with Crippen LogP contribution in [0.2, 0.25) is 5.02 Å². The van der Waals surface area contributed by atoms with Crippen molar-refractivity contribution in [1.82, 2.24) is 15.2 Å². The molecule has 0 aliphatic rings. The molecule has 3 aromatic rings. The summed E-state index contributed by atoms with van der Waals surface area (Å²) in [6.45, 7) is 1.49. The maximum absolute atomic E-state index is 12.6. The number of hydrogen-bond acceptors (Lipinski definition) is 5. The Morgan fingerprint density at radius 3 is 2.69 bits per heavy atom. The van der Waals surface area contributed by atoms with E-state index in [0.717, 1.165) is 14.7 Å². The van der Waals surface area contributed by atoms with E-state index in [1.807, 2.05) is 30.3 Å². The van der Waals surface area contributed by atoms with Gasteiger partial charge in [0.25, 0.3) is 11.5 Å². The maximum atomic E-state index is 12.6. The highest BCUT2D eigenvalue weighted by atomic mass is 79.9. The molecule has 144 valence electrons. The molecule has 0 aliphatic heterocycles. The fourth-order valence-electron chi connectivity index (χ4n) is 2.52. The van der Waals surface area contributed by atoms with Gasteiger partial charge in [-0.25, -0.2) is 5.43 Å². The normalized spacial score (nSPS) is 10.7. The minimum Gasteiger partial charge on any atom is -0.266 e. The molecule has 0 saturated carbocycles. The Hall–Kier alpha value is -3.28. The first-order chi connectivity index (χ1) is 13.9. The van der Waals surface area contributed by atoms with Gasteiger partial charge in [0, 0.05) is 15.1 Å². The molecule has 0 radical (unpaired) electrons. The Morgan fingerprint density at radius 2 is 2.03 bits per heavy atom. The summed E-state index contributed by atoms with van der Waals surface area (Å²) in [6.07, 6.45) is 1.47. The number of aromatic nitrogens is 2. The number of nitrogens with zero attached hydrogens (tertiary/aromatic N) is 4. The third-order valence-electron chi connectivity index (χ3n) is 3.96. The molecule has 0 fully saturated rings. The van der Waals surface area contributed by atoms with Gasteiger partial charge in [-0.05, 0) is 48.9 Å². The monoisotopic (exact) mass is 469 g/mol. The van der Waals surface area contributed by atoms with E-state index in [-0.39, 0.29) is 16.8 Å². The van der Waals surface area contributed by atoms with Gasteiger partial charge in [-0.2, -0.15) is 20.1 Å². The minimum atomic E-state index is -0.645. The summed E-state index contributed by atoms with van der Waals surface area (Å²) >= 11 is 9.24. The third-order valence-corrected chi connectivity index (χ3v) is 4.71. The number of amides is 1. The standard InChI is InChI=1S/C20H13BrClN5O2/c1-12-17(10-23)20(29)27(16-7-5-15(22)6-8-16)26-18(12)19(28)25-24-11-13-3-2-4-14(21)9-13/h2-9,11H,1H3,(H,25,28)/b24-11+. The molecule has 0 atom stereocenters. The summed E-state index contributed by atoms with van der Waals surface area (Å²) in [4.78, 5) is 25.2. The number of halogens is 2. The summed E-state index contributed by atoms with van der Waals surface area (Å²) in [6, 6.07) is 15.5. The SMILES string of the molecule is Cc1c(C(=O)N/N=C/c2cccc(Br)c2)nn(-c2ccc(Cl)cc2)c(=O)c1C#N. The van der Waals surface area contributed by atoms with Crippen molar-refractivity contribution < 1.29 is 4.79 Å². The van der Waals surface area contributed by atoms with Gasteiger partial charge in [0.1, 0.15) is 11.6 Å². The molecule has 9 heteroatoms. The van der Waals surface area contributed by atoms with Crippen molar-refractivity contribution in [3.63, 3.8) is 0 Å². The number of carbonyl (C=O) groups excluding carboxylic acids is 1. The first-order valence-corrected chi connectivity index (χ1v) is 9.46. The van der Waals surface area contributed by atoms with E-state index in [2.05, 4.69) is 31.6 Å². The molecule has 0 spiro atoms. The molecule has 0 bridgehead atoms. The molecule has 0 aliphatic carbocycles. The zero-order chi connectivity index (χ0) is 21.0. The summed E-state index contributed by atoms with van der Waals surface area (Å²) in [7, 11) is 0. The highest BCUT2D eigenvalue weighted by Gasteiger charge is 2.20. The van der Waals surface area contributed by atoms with Crippen molar-refractivity contribution in [2.45, 2.75) is 6.92 Å². The molecule has 0 saturated heterocycles. The lowest BCUT2D eigenvalue weighted by molar-refractivity contribution is 0.0947. The van der Waals surface area contributed by atoms with Crippen LogP contribution in [0.25, 0.3) is 5.69 Å². The highest BCUT2D eigenvalue weighted by Crippen LogP contribution is 2.14. The second kappa shape index (κ2) is 8.82. The van der Waals surface area contributed by atoms with Gasteiger partial charge in [0.2, 0.25) is 0 Å². The van der Waals surface area contributed by atoms with Gasteiger partial charge in [0.15, 0.2) is 5.69 Å². The average Bonchev–Trinajstić information content (AvgIpc) is 2.69. The fourth-order valence-corrected chi connectivity index (χ4v) is 3.06. The first kappa shape index (κ1) is 20.5. The van der Waals surface area contributed by atoms with Gasteiger partial charge in [-0.15, -0.1) is 0 Å². The molecule has 1 N–H and O–H groups in total. The predicted molar refractivity (Wildman–Crippen MR) is 113 cm³/mol. The smallest absolute Gasteiger partial charge is 0.266 e. The maximum Gasteiger partial charge on any atom is 0.292 e. The van der Waals surface area contributed by atoms with E-state index in [0.29, 0.717) is 10.7 Å². The van der Waals surface area contributed by atoms with Crippen molar-refractivity contribution >= 4 is 39.7 Å². The van der Waals surface area contributed by atoms with Crippen molar-refractivity contribution in [2.24, 2.45) is 5.10 Å². The number of hydrazone groups is 1. The molecule has 1 aromatic heterocycles. The van der Waals surface area contributed by atoms with E-state index >= 15 is 0 Å². The second-order valence-corrected chi connectivity index (χ2v) is 7.26. The molecule has 0 unspecified atom stereocenters. The van der Waals surface area contributed by atoms with E-state index in [1.165, 1.54) is 13.1 Å². The van der Waals surface area contributed by atoms with Crippen LogP contribution < -0.4 is 11.0 Å². The van der Waals surface area contributed by atoms with Gasteiger partial charge in [0.05, 0.1) is 11.9 Å². The summed E-state index contributed by atoms with van der Waals surface area (Å²) in [5.74, 6) is -0.645. The Balaban J connectivity index is 1.96. The third kappa shape index (κ3) is 4.59. The van der Waals surface area contributed by atoms with Gasteiger partial charge in [-0.1, -0.05) is 39.7 Å². The number of hydrogen-bond donors (Lipinski definition) is 1. The number of carbonyl (C=O) groups is 1. The topological polar surface area (TPSA) is 100 Å². The molecule has 29 heavy (non-hydrogen) atoms. The Bertz CT molecular complexity index is 1210. The van der Waals surface area contributed by atoms with Gasteiger partial charge in [-0.3, -0.25) is 9.59 Å². The van der Waals surface area contributed by atoms with Crippen LogP contribution in [0.15, 0.2) is 62.9 Å². The molecular weight excluding hydrogens is 458 g/mol. The van der Waals surface area contributed by atoms with Crippen LogP contribution in [0.4, 0.5) is 0 Å².